The van der Waals surface area contributed by atoms with E-state index in [4.69, 9.17) is 29.9 Å². The van der Waals surface area contributed by atoms with E-state index in [9.17, 15) is 0 Å². The van der Waals surface area contributed by atoms with Gasteiger partial charge in [0.1, 0.15) is 0 Å². The van der Waals surface area contributed by atoms with Gasteiger partial charge >= 0.3 is 0 Å². The van der Waals surface area contributed by atoms with E-state index in [2.05, 4.69) is 396 Å². The van der Waals surface area contributed by atoms with Crippen molar-refractivity contribution in [1.29, 1.82) is 0 Å². The first-order chi connectivity index (χ1) is 61.9. The highest BCUT2D eigenvalue weighted by Gasteiger charge is 2.24. The lowest BCUT2D eigenvalue weighted by molar-refractivity contribution is 0.995. The van der Waals surface area contributed by atoms with Crippen molar-refractivity contribution < 1.29 is 0 Å². The molecule has 586 valence electrons. The van der Waals surface area contributed by atoms with E-state index in [0.29, 0.717) is 17.7 Å². The van der Waals surface area contributed by atoms with Crippen LogP contribution in [0.15, 0.2) is 443 Å². The molecule has 25 aromatic rings. The maximum Gasteiger partial charge on any atom is 0.235 e. The zero-order valence-electron chi connectivity index (χ0n) is 67.5. The summed E-state index contributed by atoms with van der Waals surface area (Å²) in [4.78, 5) is 30.8. The minimum Gasteiger partial charge on any atom is -0.309 e. The average Bonchev–Trinajstić information content (AvgIpc) is 1.58. The number of aromatic nitrogens is 9. The van der Waals surface area contributed by atoms with Crippen LogP contribution in [0.4, 0.5) is 0 Å². The molecule has 8 heterocycles. The van der Waals surface area contributed by atoms with Gasteiger partial charge in [-0.25, -0.2) is 29.9 Å². The molecule has 0 aliphatic rings. The Bertz CT molecular complexity index is 8190. The highest BCUT2D eigenvalue weighted by atomic mass is 32.1. The number of hydrogen-bond acceptors (Lipinski definition) is 8. The topological polar surface area (TPSA) is 92.1 Å². The third kappa shape index (κ3) is 13.8. The van der Waals surface area contributed by atoms with Crippen LogP contribution in [0.5, 0.6) is 0 Å². The Kier molecular flexibility index (Phi) is 18.8. The Morgan fingerprint density at radius 3 is 0.848 bits per heavy atom. The van der Waals surface area contributed by atoms with Gasteiger partial charge in [-0.3, -0.25) is 9.13 Å². The smallest absolute Gasteiger partial charge is 0.235 e. The standard InChI is InChI=1S/C40H25N3S.C40H27N3.C34H21N3S/c1-3-11-26(12-4-1)34-24-35(27-13-5-2-6-14-27)42-40(41-34)28-19-21-29(22-20-28)43-36-17-9-7-15-30(36)32-23-33-31-16-8-10-18-38(31)44-39(33)25-37(32)43;1-5-13-28(14-6-1)32-22-24-38-35(25-32)34-23-21-33(29-15-7-2-8-16-29)26-39(34)43(38)40-41-36(30-17-9-3-10-18-30)27-37(42-40)31-19-11-4-12-20-31;1-3-11-22(12-4-1)28-20-29(23-13-5-2-6-14-23)36-34(35-28)37-30-17-9-7-15-24(30)26-19-27-25-16-8-10-18-32(25)38-33(27)21-31(26)37/h1-25H;1-27H;1-21H. The molecule has 0 aliphatic heterocycles. The van der Waals surface area contributed by atoms with Crippen LogP contribution in [0.1, 0.15) is 0 Å². The number of benzene rings is 17. The lowest BCUT2D eigenvalue weighted by atomic mass is 10.0. The summed E-state index contributed by atoms with van der Waals surface area (Å²) >= 11 is 3.70. The first-order valence-corrected chi connectivity index (χ1v) is 43.6. The summed E-state index contributed by atoms with van der Waals surface area (Å²) in [5.74, 6) is 2.04. The van der Waals surface area contributed by atoms with Crippen LogP contribution in [-0.4, -0.2) is 43.6 Å². The van der Waals surface area contributed by atoms with E-state index in [1.807, 2.05) is 83.3 Å². The molecule has 0 bridgehead atoms. The van der Waals surface area contributed by atoms with Crippen molar-refractivity contribution >= 4 is 128 Å². The van der Waals surface area contributed by atoms with Crippen LogP contribution in [0.25, 0.3) is 225 Å². The Morgan fingerprint density at radius 1 is 0.152 bits per heavy atom. The Balaban J connectivity index is 0.000000108. The van der Waals surface area contributed by atoms with Crippen molar-refractivity contribution in [2.45, 2.75) is 0 Å². The first-order valence-electron chi connectivity index (χ1n) is 41.9. The van der Waals surface area contributed by atoms with Gasteiger partial charge in [0.15, 0.2) is 5.82 Å². The minimum atomic E-state index is 0.651. The van der Waals surface area contributed by atoms with Gasteiger partial charge in [0.25, 0.3) is 0 Å². The lowest BCUT2D eigenvalue weighted by Crippen LogP contribution is -2.04. The molecule has 9 nitrogen and oxygen atoms in total. The summed E-state index contributed by atoms with van der Waals surface area (Å²) in [7, 11) is 0. The van der Waals surface area contributed by atoms with E-state index in [1.54, 1.807) is 0 Å². The summed E-state index contributed by atoms with van der Waals surface area (Å²) in [6, 6.07) is 156. The summed E-state index contributed by atoms with van der Waals surface area (Å²) in [5.41, 5.74) is 25.4. The number of rotatable bonds is 12. The molecule has 0 saturated carbocycles. The average molecular weight is 1630 g/mol. The fourth-order valence-electron chi connectivity index (χ4n) is 17.7. The Morgan fingerprint density at radius 2 is 0.440 bits per heavy atom. The second-order valence-corrected chi connectivity index (χ2v) is 33.4. The lowest BCUT2D eigenvalue weighted by Gasteiger charge is -2.12. The number of thiophene rings is 2. The minimum absolute atomic E-state index is 0.651. The van der Waals surface area contributed by atoms with Crippen molar-refractivity contribution in [2.24, 2.45) is 0 Å². The van der Waals surface area contributed by atoms with Crippen LogP contribution in [0.2, 0.25) is 0 Å². The van der Waals surface area contributed by atoms with Crippen molar-refractivity contribution in [3.63, 3.8) is 0 Å². The van der Waals surface area contributed by atoms with Crippen molar-refractivity contribution in [3.05, 3.63) is 443 Å². The van der Waals surface area contributed by atoms with Gasteiger partial charge in [0, 0.05) is 117 Å². The van der Waals surface area contributed by atoms with Crippen LogP contribution < -0.4 is 0 Å². The van der Waals surface area contributed by atoms with E-state index in [-0.39, 0.29) is 0 Å². The van der Waals surface area contributed by atoms with Gasteiger partial charge in [0.2, 0.25) is 11.9 Å². The van der Waals surface area contributed by atoms with Gasteiger partial charge in [-0.05, 0) is 131 Å². The molecule has 0 saturated heterocycles. The summed E-state index contributed by atoms with van der Waals surface area (Å²) < 4.78 is 12.0. The summed E-state index contributed by atoms with van der Waals surface area (Å²) in [6.07, 6.45) is 0. The second kappa shape index (κ2) is 31.8. The molecule has 0 atom stereocenters. The van der Waals surface area contributed by atoms with Crippen LogP contribution in [0, 0.1) is 0 Å². The van der Waals surface area contributed by atoms with E-state index in [0.717, 1.165) is 106 Å². The summed E-state index contributed by atoms with van der Waals surface area (Å²) in [5, 5.41) is 12.5. The quantitative estimate of drug-likeness (QED) is 0.121. The SMILES string of the molecule is c1ccc(-c2cc(-c3ccccc3)nc(-c3ccc(-n4c5ccccc5c5cc6c(cc54)sc4ccccc46)cc3)n2)cc1.c1ccc(-c2cc(-c3ccccc3)nc(-n3c4ccccc4c4cc5c(cc43)sc3ccccc35)n2)cc1.c1ccc(-c2ccc3c(c2)c2ccc(-c4ccccc4)cc2n3-c2nc(-c3ccccc3)cc(-c3ccccc3)n2)cc1. The summed E-state index contributed by atoms with van der Waals surface area (Å²) in [6.45, 7) is 0. The predicted molar refractivity (Wildman–Crippen MR) is 524 cm³/mol. The monoisotopic (exact) mass is 1630 g/mol. The molecule has 0 amide bonds. The maximum absolute atomic E-state index is 5.21. The molecule has 0 aliphatic carbocycles. The van der Waals surface area contributed by atoms with Crippen molar-refractivity contribution in [1.82, 2.24) is 43.6 Å². The molecular weight excluding hydrogens is 1560 g/mol. The van der Waals surface area contributed by atoms with E-state index >= 15 is 0 Å². The van der Waals surface area contributed by atoms with Crippen molar-refractivity contribution in [3.8, 4) is 119 Å². The Hall–Kier alpha value is -16.2. The Labute approximate surface area is 728 Å². The molecule has 0 radical (unpaired) electrons. The third-order valence-electron chi connectivity index (χ3n) is 23.7. The number of para-hydroxylation sites is 2. The largest absolute Gasteiger partial charge is 0.309 e. The zero-order chi connectivity index (χ0) is 82.7. The number of fused-ring (bicyclic) bond motifs is 15. The normalized spacial score (nSPS) is 11.5. The molecule has 25 rings (SSSR count). The predicted octanol–water partition coefficient (Wildman–Crippen LogP) is 30.5. The van der Waals surface area contributed by atoms with Crippen LogP contribution >= 0.6 is 22.7 Å². The fourth-order valence-corrected chi connectivity index (χ4v) is 19.9. The number of hydrogen-bond donors (Lipinski definition) is 0. The zero-order valence-corrected chi connectivity index (χ0v) is 69.1. The molecule has 0 N–H and O–H groups in total. The number of nitrogens with zero attached hydrogens (tertiary/aromatic N) is 9. The molecule has 17 aromatic carbocycles. The van der Waals surface area contributed by atoms with Gasteiger partial charge < -0.3 is 4.57 Å². The van der Waals surface area contributed by atoms with Crippen LogP contribution in [0.3, 0.4) is 0 Å². The van der Waals surface area contributed by atoms with Gasteiger partial charge in [0.05, 0.1) is 67.3 Å². The fraction of sp³-hybridized carbons (Fsp3) is 0. The third-order valence-corrected chi connectivity index (χ3v) is 25.9. The molecule has 0 unspecified atom stereocenters. The molecule has 8 aromatic heterocycles. The van der Waals surface area contributed by atoms with Gasteiger partial charge in [-0.1, -0.05) is 334 Å². The second-order valence-electron chi connectivity index (χ2n) is 31.2. The van der Waals surface area contributed by atoms with Gasteiger partial charge in [-0.2, -0.15) is 0 Å². The van der Waals surface area contributed by atoms with E-state index < -0.39 is 0 Å². The van der Waals surface area contributed by atoms with Crippen molar-refractivity contribution in [2.75, 3.05) is 0 Å². The molecule has 125 heavy (non-hydrogen) atoms. The molecule has 0 spiro atoms. The molecule has 11 heteroatoms. The van der Waals surface area contributed by atoms with Crippen LogP contribution in [-0.2, 0) is 0 Å². The maximum atomic E-state index is 5.21. The molecule has 0 fully saturated rings. The first kappa shape index (κ1) is 73.9. The van der Waals surface area contributed by atoms with Gasteiger partial charge in [-0.15, -0.1) is 22.7 Å². The highest BCUT2D eigenvalue weighted by molar-refractivity contribution is 7.26. The molecular formula is C114H73N9S2. The highest BCUT2D eigenvalue weighted by Crippen LogP contribution is 2.45. The van der Waals surface area contributed by atoms with E-state index in [1.165, 1.54) is 100 Å².